The summed E-state index contributed by atoms with van der Waals surface area (Å²) in [5.74, 6) is 0. The van der Waals surface area contributed by atoms with E-state index in [-0.39, 0.29) is 0 Å². The normalized spacial score (nSPS) is 11.6. The van der Waals surface area contributed by atoms with E-state index in [1.54, 1.807) is 9.80 Å². The second kappa shape index (κ2) is 10.5. The highest BCUT2D eigenvalue weighted by Crippen LogP contribution is 2.10. The fourth-order valence-corrected chi connectivity index (χ4v) is 2.20. The Kier molecular flexibility index (Phi) is 8.03. The molecule has 6 nitrogen and oxygen atoms in total. The number of nitrogens with one attached hydrogen (secondary N) is 2. The summed E-state index contributed by atoms with van der Waals surface area (Å²) in [5.41, 5.74) is 8.96. The van der Waals surface area contributed by atoms with Crippen molar-refractivity contribution >= 4 is 46.1 Å². The molecule has 2 aromatic carbocycles. The Bertz CT molecular complexity index is 787. The minimum atomic E-state index is 0.498. The van der Waals surface area contributed by atoms with Gasteiger partial charge in [-0.1, -0.05) is 60.7 Å². The molecule has 2 N–H and O–H groups in total. The van der Waals surface area contributed by atoms with Gasteiger partial charge in [-0.25, -0.2) is 0 Å². The molecule has 28 heavy (non-hydrogen) atoms. The van der Waals surface area contributed by atoms with E-state index in [1.807, 2.05) is 88.9 Å². The van der Waals surface area contributed by atoms with Crippen molar-refractivity contribution in [2.45, 2.75) is 0 Å². The summed E-state index contributed by atoms with van der Waals surface area (Å²) >= 11 is 10.6. The van der Waals surface area contributed by atoms with Crippen LogP contribution in [0.15, 0.2) is 70.9 Å². The van der Waals surface area contributed by atoms with Crippen LogP contribution in [-0.2, 0) is 0 Å². The van der Waals surface area contributed by atoms with E-state index < -0.39 is 0 Å². The van der Waals surface area contributed by atoms with E-state index in [1.165, 1.54) is 0 Å². The van der Waals surface area contributed by atoms with Crippen molar-refractivity contribution in [3.8, 4) is 0 Å². The van der Waals surface area contributed by atoms with Crippen LogP contribution in [0.3, 0.4) is 0 Å². The average Bonchev–Trinajstić information content (AvgIpc) is 2.71. The number of rotatable bonds is 5. The summed E-state index contributed by atoms with van der Waals surface area (Å²) < 4.78 is 0. The quantitative estimate of drug-likeness (QED) is 0.447. The molecule has 0 radical (unpaired) electrons. The van der Waals surface area contributed by atoms with Crippen LogP contribution in [-0.4, -0.2) is 59.6 Å². The van der Waals surface area contributed by atoms with Crippen LogP contribution < -0.4 is 10.9 Å². The van der Waals surface area contributed by atoms with Crippen molar-refractivity contribution < 1.29 is 0 Å². The molecule has 0 aromatic heterocycles. The maximum atomic E-state index is 5.31. The molecule has 0 fully saturated rings. The second-order valence-corrected chi connectivity index (χ2v) is 7.05. The molecule has 8 heteroatoms. The maximum Gasteiger partial charge on any atom is 0.189 e. The standard InChI is InChI=1S/C20H24N6S2/c1-25(2)19(27)23-21-17(15-11-7-5-8-12-15)18(16-13-9-6-10-14-16)22-24-20(28)26(3)4/h5-14H,1-4H3,(H,23,27)(H,24,28)/b21-17-,22-18-. The molecule has 0 spiro atoms. The maximum absolute atomic E-state index is 5.31. The molecule has 0 saturated heterocycles. The van der Waals surface area contributed by atoms with Crippen LogP contribution in [0.4, 0.5) is 0 Å². The van der Waals surface area contributed by atoms with E-state index in [4.69, 9.17) is 24.4 Å². The van der Waals surface area contributed by atoms with E-state index in [0.29, 0.717) is 21.6 Å². The van der Waals surface area contributed by atoms with E-state index in [0.717, 1.165) is 11.1 Å². The highest BCUT2D eigenvalue weighted by Gasteiger charge is 2.16. The molecule has 0 amide bonds. The van der Waals surface area contributed by atoms with Crippen molar-refractivity contribution in [3.05, 3.63) is 71.8 Å². The van der Waals surface area contributed by atoms with Crippen LogP contribution in [0.2, 0.25) is 0 Å². The molecule has 0 unspecified atom stereocenters. The summed E-state index contributed by atoms with van der Waals surface area (Å²) in [5, 5.41) is 10.1. The molecule has 146 valence electrons. The van der Waals surface area contributed by atoms with Gasteiger partial charge in [0, 0.05) is 39.3 Å². The number of hydrogen-bond donors (Lipinski definition) is 2. The Labute approximate surface area is 176 Å². The van der Waals surface area contributed by atoms with Gasteiger partial charge in [0.2, 0.25) is 0 Å². The SMILES string of the molecule is CN(C)C(=S)N/N=C(\C(=N/NC(=S)N(C)C)c1ccccc1)c1ccccc1. The van der Waals surface area contributed by atoms with Crippen LogP contribution in [0, 0.1) is 0 Å². The van der Waals surface area contributed by atoms with Gasteiger partial charge in [0.1, 0.15) is 11.4 Å². The molecule has 0 bridgehead atoms. The first kappa shape index (κ1) is 21.5. The second-order valence-electron chi connectivity index (χ2n) is 6.28. The lowest BCUT2D eigenvalue weighted by Gasteiger charge is -2.17. The zero-order valence-corrected chi connectivity index (χ0v) is 18.0. The Hall–Kier alpha value is -2.84. The molecular weight excluding hydrogens is 388 g/mol. The molecule has 0 aliphatic rings. The summed E-state index contributed by atoms with van der Waals surface area (Å²) in [4.78, 5) is 3.56. The fourth-order valence-electron chi connectivity index (χ4n) is 2.11. The van der Waals surface area contributed by atoms with Gasteiger partial charge in [-0.05, 0) is 24.4 Å². The zero-order valence-electron chi connectivity index (χ0n) is 16.4. The fraction of sp³-hybridized carbons (Fsp3) is 0.200. The summed E-state index contributed by atoms with van der Waals surface area (Å²) in [6.45, 7) is 0. The predicted octanol–water partition coefficient (Wildman–Crippen LogP) is 2.67. The van der Waals surface area contributed by atoms with Gasteiger partial charge in [0.25, 0.3) is 0 Å². The molecule has 0 saturated carbocycles. The van der Waals surface area contributed by atoms with Crippen LogP contribution in [0.25, 0.3) is 0 Å². The highest BCUT2D eigenvalue weighted by molar-refractivity contribution is 7.80. The lowest BCUT2D eigenvalue weighted by atomic mass is 10.00. The van der Waals surface area contributed by atoms with E-state index in [9.17, 15) is 0 Å². The lowest BCUT2D eigenvalue weighted by Crippen LogP contribution is -2.35. The van der Waals surface area contributed by atoms with Gasteiger partial charge in [-0.15, -0.1) is 0 Å². The molecule has 2 aromatic rings. The third kappa shape index (κ3) is 6.11. The molecule has 0 heterocycles. The third-order valence-electron chi connectivity index (χ3n) is 3.66. The van der Waals surface area contributed by atoms with Crippen molar-refractivity contribution in [2.75, 3.05) is 28.2 Å². The van der Waals surface area contributed by atoms with Gasteiger partial charge in [-0.2, -0.15) is 10.2 Å². The van der Waals surface area contributed by atoms with Crippen LogP contribution in [0.5, 0.6) is 0 Å². The first-order chi connectivity index (χ1) is 13.4. The molecule has 0 atom stereocenters. The van der Waals surface area contributed by atoms with Gasteiger partial charge >= 0.3 is 0 Å². The van der Waals surface area contributed by atoms with Crippen LogP contribution >= 0.6 is 24.4 Å². The minimum absolute atomic E-state index is 0.498. The van der Waals surface area contributed by atoms with Crippen molar-refractivity contribution in [3.63, 3.8) is 0 Å². The highest BCUT2D eigenvalue weighted by atomic mass is 32.1. The smallest absolute Gasteiger partial charge is 0.189 e. The first-order valence-corrected chi connectivity index (χ1v) is 9.43. The summed E-state index contributed by atoms with van der Waals surface area (Å²) in [6, 6.07) is 19.6. The van der Waals surface area contributed by atoms with Crippen molar-refractivity contribution in [1.82, 2.24) is 20.7 Å². The minimum Gasteiger partial charge on any atom is -0.354 e. The monoisotopic (exact) mass is 412 g/mol. The lowest BCUT2D eigenvalue weighted by molar-refractivity contribution is 0.605. The van der Waals surface area contributed by atoms with Gasteiger partial charge in [0.05, 0.1) is 0 Å². The predicted molar refractivity (Wildman–Crippen MR) is 125 cm³/mol. The Morgan fingerprint density at radius 3 is 1.25 bits per heavy atom. The van der Waals surface area contributed by atoms with Gasteiger partial charge in [-0.3, -0.25) is 10.9 Å². The Balaban J connectivity index is 2.54. The van der Waals surface area contributed by atoms with Crippen molar-refractivity contribution in [1.29, 1.82) is 0 Å². The number of benzene rings is 2. The Morgan fingerprint density at radius 1 is 0.643 bits per heavy atom. The van der Waals surface area contributed by atoms with Gasteiger partial charge < -0.3 is 9.80 Å². The molecule has 0 aliphatic carbocycles. The molecular formula is C20H24N6S2. The number of thiocarbonyl (C=S) groups is 2. The Morgan fingerprint density at radius 2 is 0.964 bits per heavy atom. The largest absolute Gasteiger partial charge is 0.354 e. The topological polar surface area (TPSA) is 55.3 Å². The summed E-state index contributed by atoms with van der Waals surface area (Å²) in [6.07, 6.45) is 0. The summed E-state index contributed by atoms with van der Waals surface area (Å²) in [7, 11) is 7.43. The number of nitrogens with zero attached hydrogens (tertiary/aromatic N) is 4. The number of hydrogen-bond acceptors (Lipinski definition) is 4. The van der Waals surface area contributed by atoms with Gasteiger partial charge in [0.15, 0.2) is 10.2 Å². The number of hydrazone groups is 2. The molecule has 0 aliphatic heterocycles. The van der Waals surface area contributed by atoms with E-state index in [2.05, 4.69) is 21.1 Å². The van der Waals surface area contributed by atoms with Crippen molar-refractivity contribution in [2.24, 2.45) is 10.2 Å². The zero-order chi connectivity index (χ0) is 20.5. The average molecular weight is 413 g/mol. The first-order valence-electron chi connectivity index (χ1n) is 8.61. The van der Waals surface area contributed by atoms with E-state index >= 15 is 0 Å². The molecule has 2 rings (SSSR count). The third-order valence-corrected chi connectivity index (χ3v) is 4.57. The van der Waals surface area contributed by atoms with Crippen LogP contribution in [0.1, 0.15) is 11.1 Å².